The van der Waals surface area contributed by atoms with E-state index in [2.05, 4.69) is 4.99 Å². The van der Waals surface area contributed by atoms with Crippen molar-refractivity contribution in [3.8, 4) is 11.5 Å². The zero-order valence-electron chi connectivity index (χ0n) is 13.8. The monoisotopic (exact) mass is 353 g/mol. The molecule has 0 spiro atoms. The van der Waals surface area contributed by atoms with E-state index in [-0.39, 0.29) is 11.6 Å². The Bertz CT molecular complexity index is 916. The number of para-hydroxylation sites is 2. The predicted octanol–water partition coefficient (Wildman–Crippen LogP) is 2.50. The second-order valence-corrected chi connectivity index (χ2v) is 5.26. The number of esters is 1. The van der Waals surface area contributed by atoms with Gasteiger partial charge in [0, 0.05) is 5.56 Å². The highest BCUT2D eigenvalue weighted by atomic mass is 16.6. The summed E-state index contributed by atoms with van der Waals surface area (Å²) in [4.78, 5) is 27.1. The summed E-state index contributed by atoms with van der Waals surface area (Å²) in [5, 5.41) is 8.75. The molecule has 7 heteroatoms. The van der Waals surface area contributed by atoms with Crippen LogP contribution >= 0.6 is 0 Å². The Labute approximate surface area is 149 Å². The number of carboxylic acid groups (broad SMARTS) is 1. The highest BCUT2D eigenvalue weighted by Gasteiger charge is 2.26. The zero-order chi connectivity index (χ0) is 18.5. The summed E-state index contributed by atoms with van der Waals surface area (Å²) in [5.41, 5.74) is 1.16. The summed E-state index contributed by atoms with van der Waals surface area (Å²) in [6, 6.07) is 13.8. The quantitative estimate of drug-likeness (QED) is 0.633. The van der Waals surface area contributed by atoms with E-state index in [1.807, 2.05) is 0 Å². The van der Waals surface area contributed by atoms with Crippen molar-refractivity contribution in [1.82, 2.24) is 0 Å². The third-order valence-electron chi connectivity index (χ3n) is 3.52. The van der Waals surface area contributed by atoms with Crippen molar-refractivity contribution in [2.45, 2.75) is 0 Å². The number of hydrogen-bond acceptors (Lipinski definition) is 6. The van der Waals surface area contributed by atoms with Crippen LogP contribution in [0.5, 0.6) is 11.5 Å². The molecule has 7 nitrogen and oxygen atoms in total. The molecule has 1 aliphatic rings. The summed E-state index contributed by atoms with van der Waals surface area (Å²) in [5.74, 6) is -0.701. The highest BCUT2D eigenvalue weighted by molar-refractivity contribution is 6.13. The van der Waals surface area contributed by atoms with Gasteiger partial charge in [0.1, 0.15) is 11.5 Å². The minimum absolute atomic E-state index is 0.0808. The van der Waals surface area contributed by atoms with Crippen LogP contribution in [-0.2, 0) is 14.3 Å². The number of aliphatic carboxylic acids is 1. The first-order chi connectivity index (χ1) is 12.6. The minimum Gasteiger partial charge on any atom is -0.496 e. The summed E-state index contributed by atoms with van der Waals surface area (Å²) in [6.45, 7) is -0.486. The lowest BCUT2D eigenvalue weighted by molar-refractivity contribution is -0.139. The molecule has 0 unspecified atom stereocenters. The van der Waals surface area contributed by atoms with Crippen LogP contribution in [0.15, 0.2) is 59.2 Å². The van der Waals surface area contributed by atoms with Crippen molar-refractivity contribution in [1.29, 1.82) is 0 Å². The van der Waals surface area contributed by atoms with Crippen LogP contribution in [0.1, 0.15) is 11.1 Å². The lowest BCUT2D eigenvalue weighted by Crippen LogP contribution is -2.10. The van der Waals surface area contributed by atoms with Crippen LogP contribution in [0.2, 0.25) is 0 Å². The van der Waals surface area contributed by atoms with Gasteiger partial charge in [-0.25, -0.2) is 14.6 Å². The first-order valence-corrected chi connectivity index (χ1v) is 7.68. The van der Waals surface area contributed by atoms with E-state index in [4.69, 9.17) is 19.3 Å². The molecular formula is C19H15NO6. The standard InChI is InChI=1S/C19H15NO6/c1-24-16-9-5-3-7-13(16)18-20-14(19(23)26-18)10-12-6-2-4-8-15(12)25-11-17(21)22/h2-10H,11H2,1H3,(H,21,22)/b14-10-. The number of carbonyl (C=O) groups excluding carboxylic acids is 1. The van der Waals surface area contributed by atoms with Crippen molar-refractivity contribution < 1.29 is 28.9 Å². The van der Waals surface area contributed by atoms with Gasteiger partial charge in [-0.3, -0.25) is 0 Å². The molecule has 1 N–H and O–H groups in total. The second kappa shape index (κ2) is 7.52. The predicted molar refractivity (Wildman–Crippen MR) is 93.2 cm³/mol. The van der Waals surface area contributed by atoms with E-state index in [0.29, 0.717) is 22.6 Å². The molecular weight excluding hydrogens is 338 g/mol. The van der Waals surface area contributed by atoms with E-state index < -0.39 is 18.5 Å². The molecule has 2 aromatic rings. The molecule has 0 atom stereocenters. The maximum atomic E-state index is 12.2. The van der Waals surface area contributed by atoms with Gasteiger partial charge in [-0.05, 0) is 24.3 Å². The first-order valence-electron chi connectivity index (χ1n) is 7.68. The molecule has 0 bridgehead atoms. The molecule has 0 saturated carbocycles. The fraction of sp³-hybridized carbons (Fsp3) is 0.105. The van der Waals surface area contributed by atoms with Crippen LogP contribution in [0, 0.1) is 0 Å². The number of methoxy groups -OCH3 is 1. The van der Waals surface area contributed by atoms with Gasteiger partial charge in [-0.1, -0.05) is 30.3 Å². The number of carboxylic acids is 1. The Morgan fingerprint density at radius 1 is 1.15 bits per heavy atom. The normalized spacial score (nSPS) is 14.7. The largest absolute Gasteiger partial charge is 0.496 e. The van der Waals surface area contributed by atoms with Crippen LogP contribution < -0.4 is 9.47 Å². The Balaban J connectivity index is 1.93. The Hall–Kier alpha value is -3.61. The number of rotatable bonds is 6. The molecule has 0 amide bonds. The maximum Gasteiger partial charge on any atom is 0.363 e. The van der Waals surface area contributed by atoms with Gasteiger partial charge in [0.15, 0.2) is 12.3 Å². The van der Waals surface area contributed by atoms with E-state index in [1.54, 1.807) is 48.5 Å². The highest BCUT2D eigenvalue weighted by Crippen LogP contribution is 2.27. The topological polar surface area (TPSA) is 94.4 Å². The smallest absolute Gasteiger partial charge is 0.363 e. The molecule has 132 valence electrons. The van der Waals surface area contributed by atoms with Gasteiger partial charge >= 0.3 is 11.9 Å². The number of carbonyl (C=O) groups is 2. The molecule has 26 heavy (non-hydrogen) atoms. The molecule has 1 aliphatic heterocycles. The molecule has 0 radical (unpaired) electrons. The summed E-state index contributed by atoms with van der Waals surface area (Å²) >= 11 is 0. The van der Waals surface area contributed by atoms with Gasteiger partial charge < -0.3 is 19.3 Å². The molecule has 0 aromatic heterocycles. The molecule has 2 aromatic carbocycles. The van der Waals surface area contributed by atoms with Crippen LogP contribution in [-0.4, -0.2) is 36.7 Å². The van der Waals surface area contributed by atoms with Gasteiger partial charge in [-0.15, -0.1) is 0 Å². The number of cyclic esters (lactones) is 1. The maximum absolute atomic E-state index is 12.2. The van der Waals surface area contributed by atoms with Crippen LogP contribution in [0.25, 0.3) is 6.08 Å². The SMILES string of the molecule is COc1ccccc1C1=N/C(=C\c2ccccc2OCC(=O)O)C(=O)O1. The van der Waals surface area contributed by atoms with E-state index in [1.165, 1.54) is 13.2 Å². The van der Waals surface area contributed by atoms with Crippen molar-refractivity contribution >= 4 is 23.9 Å². The Morgan fingerprint density at radius 2 is 1.85 bits per heavy atom. The van der Waals surface area contributed by atoms with Crippen LogP contribution in [0.3, 0.4) is 0 Å². The van der Waals surface area contributed by atoms with E-state index in [9.17, 15) is 9.59 Å². The lowest BCUT2D eigenvalue weighted by atomic mass is 10.1. The molecule has 3 rings (SSSR count). The van der Waals surface area contributed by atoms with Gasteiger partial charge in [-0.2, -0.15) is 0 Å². The lowest BCUT2D eigenvalue weighted by Gasteiger charge is -2.06. The molecule has 0 fully saturated rings. The van der Waals surface area contributed by atoms with E-state index >= 15 is 0 Å². The average molecular weight is 353 g/mol. The average Bonchev–Trinajstić information content (AvgIpc) is 3.01. The second-order valence-electron chi connectivity index (χ2n) is 5.26. The third kappa shape index (κ3) is 3.72. The number of benzene rings is 2. The van der Waals surface area contributed by atoms with Crippen molar-refractivity contribution in [2.24, 2.45) is 4.99 Å². The van der Waals surface area contributed by atoms with Gasteiger partial charge in [0.25, 0.3) is 0 Å². The third-order valence-corrected chi connectivity index (χ3v) is 3.52. The van der Waals surface area contributed by atoms with Gasteiger partial charge in [0.2, 0.25) is 5.90 Å². The summed E-state index contributed by atoms with van der Waals surface area (Å²) in [6.07, 6.45) is 1.49. The van der Waals surface area contributed by atoms with Crippen molar-refractivity contribution in [3.05, 3.63) is 65.4 Å². The number of ether oxygens (including phenoxy) is 3. The van der Waals surface area contributed by atoms with Gasteiger partial charge in [0.05, 0.1) is 12.7 Å². The molecule has 0 aliphatic carbocycles. The number of nitrogens with zero attached hydrogens (tertiary/aromatic N) is 1. The van der Waals surface area contributed by atoms with E-state index in [0.717, 1.165) is 0 Å². The summed E-state index contributed by atoms with van der Waals surface area (Å²) in [7, 11) is 1.52. The Morgan fingerprint density at radius 3 is 2.58 bits per heavy atom. The fourth-order valence-electron chi connectivity index (χ4n) is 2.36. The van der Waals surface area contributed by atoms with Crippen molar-refractivity contribution in [2.75, 3.05) is 13.7 Å². The number of aliphatic imine (C=N–C) groups is 1. The fourth-order valence-corrected chi connectivity index (χ4v) is 2.36. The zero-order valence-corrected chi connectivity index (χ0v) is 13.8. The summed E-state index contributed by atoms with van der Waals surface area (Å²) < 4.78 is 15.7. The van der Waals surface area contributed by atoms with Crippen LogP contribution in [0.4, 0.5) is 0 Å². The number of hydrogen-bond donors (Lipinski definition) is 1. The Kier molecular flexibility index (Phi) is 4.98. The van der Waals surface area contributed by atoms with Crippen molar-refractivity contribution in [3.63, 3.8) is 0 Å². The first kappa shape index (κ1) is 17.2. The molecule has 1 heterocycles. The minimum atomic E-state index is -1.09. The molecule has 0 saturated heterocycles.